The molecule has 5 atom stereocenters. The number of rotatable bonds is 14. The SMILES string of the molecule is Cc1cccc(CN2CCN([C@H](C(=O)N[C@H](C[C@@H](O)[C@H](Cc3ccccc3)NC(=O)O)C(c3ccc(-c4ccccn4)cc3)C(C)(C)C)C(C)(C)C)C2=O)n1. The van der Waals surface area contributed by atoms with Gasteiger partial charge in [0.25, 0.3) is 0 Å². The van der Waals surface area contributed by atoms with Crippen LogP contribution in [-0.2, 0) is 17.8 Å². The summed E-state index contributed by atoms with van der Waals surface area (Å²) < 4.78 is 0. The number of carbonyl (C=O) groups is 3. The molecule has 2 aromatic carbocycles. The summed E-state index contributed by atoms with van der Waals surface area (Å²) in [5, 5.41) is 27.6. The first kappa shape index (κ1) is 40.9. The summed E-state index contributed by atoms with van der Waals surface area (Å²) in [7, 11) is 0. The van der Waals surface area contributed by atoms with Crippen molar-refractivity contribution in [2.75, 3.05) is 13.1 Å². The van der Waals surface area contributed by atoms with Gasteiger partial charge in [-0.1, -0.05) is 108 Å². The summed E-state index contributed by atoms with van der Waals surface area (Å²) in [4.78, 5) is 53.3. The van der Waals surface area contributed by atoms with Crippen LogP contribution in [0.5, 0.6) is 0 Å². The topological polar surface area (TPSA) is 148 Å². The predicted molar refractivity (Wildman–Crippen MR) is 214 cm³/mol. The molecule has 11 heteroatoms. The first-order valence-electron chi connectivity index (χ1n) is 19.0. The van der Waals surface area contributed by atoms with Gasteiger partial charge in [0, 0.05) is 42.5 Å². The highest BCUT2D eigenvalue weighted by molar-refractivity contribution is 5.89. The van der Waals surface area contributed by atoms with E-state index < -0.39 is 41.2 Å². The first-order valence-corrected chi connectivity index (χ1v) is 19.0. The van der Waals surface area contributed by atoms with Gasteiger partial charge < -0.3 is 30.6 Å². The van der Waals surface area contributed by atoms with Crippen LogP contribution in [0.4, 0.5) is 9.59 Å². The van der Waals surface area contributed by atoms with Crippen LogP contribution in [0.15, 0.2) is 97.2 Å². The standard InChI is InChI=1S/C44H56N6O5/c1-29-14-13-17-33(46-29)28-49-24-25-50(42(49)55)39(44(5,6)7)40(52)47-36(27-37(51)35(48-41(53)54)26-30-15-9-8-10-16-30)38(43(2,3)4)32-21-19-31(20-22-32)34-18-11-12-23-45-34/h8-23,35-39,48,51H,24-28H2,1-7H3,(H,47,52)(H,53,54)/t35-,36+,37+,38?,39+/m0/s1. The number of urea groups is 1. The Labute approximate surface area is 325 Å². The number of hydrogen-bond acceptors (Lipinski definition) is 6. The van der Waals surface area contributed by atoms with Gasteiger partial charge in [-0.05, 0) is 66.0 Å². The first-order chi connectivity index (χ1) is 26.0. The van der Waals surface area contributed by atoms with Crippen LogP contribution in [-0.4, -0.2) is 85.3 Å². The number of nitrogens with one attached hydrogen (secondary N) is 2. The Hall–Kier alpha value is -5.29. The van der Waals surface area contributed by atoms with E-state index >= 15 is 0 Å². The van der Waals surface area contributed by atoms with E-state index in [4.69, 9.17) is 0 Å². The molecule has 4 N–H and O–H groups in total. The summed E-state index contributed by atoms with van der Waals surface area (Å²) in [5.41, 5.74) is 4.15. The maximum Gasteiger partial charge on any atom is 0.404 e. The number of benzene rings is 2. The number of hydrogen-bond donors (Lipinski definition) is 4. The van der Waals surface area contributed by atoms with Crippen LogP contribution < -0.4 is 10.6 Å². The van der Waals surface area contributed by atoms with Crippen molar-refractivity contribution in [1.29, 1.82) is 0 Å². The Morgan fingerprint density at radius 1 is 0.818 bits per heavy atom. The highest BCUT2D eigenvalue weighted by Crippen LogP contribution is 2.41. The fourth-order valence-electron chi connectivity index (χ4n) is 7.88. The molecule has 0 aliphatic carbocycles. The van der Waals surface area contributed by atoms with Crippen LogP contribution in [0, 0.1) is 17.8 Å². The average molecular weight is 749 g/mol. The Balaban J connectivity index is 1.49. The zero-order valence-corrected chi connectivity index (χ0v) is 33.1. The van der Waals surface area contributed by atoms with E-state index in [0.717, 1.165) is 33.8 Å². The molecule has 0 radical (unpaired) electrons. The van der Waals surface area contributed by atoms with Crippen molar-refractivity contribution < 1.29 is 24.6 Å². The van der Waals surface area contributed by atoms with Crippen molar-refractivity contribution in [3.8, 4) is 11.3 Å². The van der Waals surface area contributed by atoms with Crippen LogP contribution in [0.3, 0.4) is 0 Å². The minimum Gasteiger partial charge on any atom is -0.465 e. The number of amides is 4. The lowest BCUT2D eigenvalue weighted by Gasteiger charge is -2.42. The van der Waals surface area contributed by atoms with Crippen LogP contribution >= 0.6 is 0 Å². The lowest BCUT2D eigenvalue weighted by atomic mass is 9.70. The van der Waals surface area contributed by atoms with Crippen LogP contribution in [0.1, 0.15) is 76.4 Å². The zero-order valence-electron chi connectivity index (χ0n) is 33.1. The normalized spacial score (nSPS) is 16.3. The van der Waals surface area contributed by atoms with Crippen molar-refractivity contribution in [2.45, 2.75) is 98.0 Å². The quantitative estimate of drug-likeness (QED) is 0.108. The monoisotopic (exact) mass is 748 g/mol. The third-order valence-corrected chi connectivity index (χ3v) is 10.3. The zero-order chi connectivity index (χ0) is 39.9. The van der Waals surface area contributed by atoms with E-state index in [9.17, 15) is 24.6 Å². The smallest absolute Gasteiger partial charge is 0.404 e. The van der Waals surface area contributed by atoms with Crippen LogP contribution in [0.25, 0.3) is 11.3 Å². The van der Waals surface area contributed by atoms with Crippen molar-refractivity contribution in [3.05, 3.63) is 120 Å². The molecule has 5 rings (SSSR count). The minimum absolute atomic E-state index is 0.0451. The molecule has 1 aliphatic heterocycles. The van der Waals surface area contributed by atoms with Gasteiger partial charge in [0.2, 0.25) is 5.91 Å². The Kier molecular flexibility index (Phi) is 13.0. The summed E-state index contributed by atoms with van der Waals surface area (Å²) >= 11 is 0. The minimum atomic E-state index is -1.25. The Morgan fingerprint density at radius 2 is 1.51 bits per heavy atom. The fourth-order valence-corrected chi connectivity index (χ4v) is 7.88. The van der Waals surface area contributed by atoms with Crippen molar-refractivity contribution in [2.24, 2.45) is 10.8 Å². The van der Waals surface area contributed by atoms with E-state index in [1.54, 1.807) is 16.0 Å². The molecule has 0 spiro atoms. The predicted octanol–water partition coefficient (Wildman–Crippen LogP) is 7.05. The number of aliphatic hydroxyl groups excluding tert-OH is 1. The van der Waals surface area contributed by atoms with Gasteiger partial charge in [-0.2, -0.15) is 0 Å². The summed E-state index contributed by atoms with van der Waals surface area (Å²) in [6, 6.07) is 26.4. The van der Waals surface area contributed by atoms with Crippen molar-refractivity contribution in [3.63, 3.8) is 0 Å². The molecule has 4 amide bonds. The Bertz CT molecular complexity index is 1890. The number of aliphatic hydroxyl groups is 1. The van der Waals surface area contributed by atoms with Crippen molar-refractivity contribution >= 4 is 18.0 Å². The van der Waals surface area contributed by atoms with E-state index in [2.05, 4.69) is 41.4 Å². The number of nitrogens with zero attached hydrogens (tertiary/aromatic N) is 4. The van der Waals surface area contributed by atoms with Gasteiger partial charge in [-0.3, -0.25) is 14.8 Å². The summed E-state index contributed by atoms with van der Waals surface area (Å²) in [6.45, 7) is 15.2. The number of aromatic nitrogens is 2. The molecule has 1 unspecified atom stereocenters. The van der Waals surface area contributed by atoms with E-state index in [1.807, 2.05) is 119 Å². The molecule has 1 fully saturated rings. The second-order valence-electron chi connectivity index (χ2n) is 16.8. The molecular formula is C44H56N6O5. The lowest BCUT2D eigenvalue weighted by molar-refractivity contribution is -0.130. The highest BCUT2D eigenvalue weighted by Gasteiger charge is 2.46. The molecule has 3 heterocycles. The molecule has 292 valence electrons. The third-order valence-electron chi connectivity index (χ3n) is 10.3. The molecule has 1 saturated heterocycles. The maximum absolute atomic E-state index is 14.8. The van der Waals surface area contributed by atoms with Gasteiger partial charge in [-0.25, -0.2) is 9.59 Å². The van der Waals surface area contributed by atoms with Gasteiger partial charge in [0.1, 0.15) is 6.04 Å². The van der Waals surface area contributed by atoms with Gasteiger partial charge >= 0.3 is 12.1 Å². The molecule has 55 heavy (non-hydrogen) atoms. The second kappa shape index (κ2) is 17.5. The molecule has 2 aromatic heterocycles. The van der Waals surface area contributed by atoms with Crippen molar-refractivity contribution in [1.82, 2.24) is 30.4 Å². The molecule has 1 aliphatic rings. The lowest BCUT2D eigenvalue weighted by Crippen LogP contribution is -2.58. The van der Waals surface area contributed by atoms with E-state index in [0.29, 0.717) is 19.6 Å². The highest BCUT2D eigenvalue weighted by atomic mass is 16.4. The molecule has 0 saturated carbocycles. The van der Waals surface area contributed by atoms with Gasteiger partial charge in [0.05, 0.1) is 30.1 Å². The largest absolute Gasteiger partial charge is 0.465 e. The summed E-state index contributed by atoms with van der Waals surface area (Å²) in [5.74, 6) is -0.663. The third kappa shape index (κ3) is 10.7. The van der Waals surface area contributed by atoms with Gasteiger partial charge in [0.15, 0.2) is 0 Å². The average Bonchev–Trinajstić information content (AvgIpc) is 3.46. The second-order valence-corrected chi connectivity index (χ2v) is 16.8. The van der Waals surface area contributed by atoms with Crippen LogP contribution in [0.2, 0.25) is 0 Å². The van der Waals surface area contributed by atoms with E-state index in [1.165, 1.54) is 0 Å². The fraction of sp³-hybridized carbons (Fsp3) is 0.432. The number of aryl methyl sites for hydroxylation is 1. The number of carbonyl (C=O) groups excluding carboxylic acids is 2. The van der Waals surface area contributed by atoms with Gasteiger partial charge in [-0.15, -0.1) is 0 Å². The maximum atomic E-state index is 14.8. The molecule has 11 nitrogen and oxygen atoms in total. The number of carboxylic acid groups (broad SMARTS) is 1. The number of pyridine rings is 2. The Morgan fingerprint density at radius 3 is 2.11 bits per heavy atom. The molecule has 4 aromatic rings. The molecular weight excluding hydrogens is 693 g/mol. The molecule has 0 bridgehead atoms. The summed E-state index contributed by atoms with van der Waals surface area (Å²) in [6.07, 6.45) is -0.363. The van der Waals surface area contributed by atoms with E-state index in [-0.39, 0.29) is 30.7 Å².